The van der Waals surface area contributed by atoms with Crippen LogP contribution in [0.4, 0.5) is 0 Å². The zero-order valence-electron chi connectivity index (χ0n) is 13.4. The molecule has 4 heteroatoms. The first-order valence-electron chi connectivity index (χ1n) is 7.46. The SMILES string of the molecule is CCCC[C@H](NC(=O)c1ccc(C(C)(C)C)cc1)C(N)=O. The Bertz CT molecular complexity index is 487. The van der Waals surface area contributed by atoms with Crippen molar-refractivity contribution in [3.8, 4) is 0 Å². The number of hydrogen-bond acceptors (Lipinski definition) is 2. The molecule has 0 saturated heterocycles. The minimum Gasteiger partial charge on any atom is -0.368 e. The topological polar surface area (TPSA) is 72.2 Å². The van der Waals surface area contributed by atoms with Crippen molar-refractivity contribution in [2.45, 2.75) is 58.4 Å². The maximum absolute atomic E-state index is 12.2. The maximum atomic E-state index is 12.2. The maximum Gasteiger partial charge on any atom is 0.251 e. The number of rotatable bonds is 6. The lowest BCUT2D eigenvalue weighted by molar-refractivity contribution is -0.120. The molecule has 0 aliphatic heterocycles. The van der Waals surface area contributed by atoms with Crippen molar-refractivity contribution in [3.63, 3.8) is 0 Å². The van der Waals surface area contributed by atoms with Gasteiger partial charge in [-0.3, -0.25) is 9.59 Å². The Labute approximate surface area is 127 Å². The van der Waals surface area contributed by atoms with Crippen molar-refractivity contribution < 1.29 is 9.59 Å². The summed E-state index contributed by atoms with van der Waals surface area (Å²) in [5.41, 5.74) is 7.09. The lowest BCUT2D eigenvalue weighted by Gasteiger charge is -2.19. The second kappa shape index (κ2) is 7.25. The van der Waals surface area contributed by atoms with E-state index in [0.717, 1.165) is 18.4 Å². The van der Waals surface area contributed by atoms with E-state index < -0.39 is 11.9 Å². The van der Waals surface area contributed by atoms with Crippen molar-refractivity contribution in [3.05, 3.63) is 35.4 Å². The molecule has 1 atom stereocenters. The third-order valence-electron chi connectivity index (χ3n) is 3.51. The summed E-state index contributed by atoms with van der Waals surface area (Å²) in [5, 5.41) is 2.71. The molecular weight excluding hydrogens is 264 g/mol. The van der Waals surface area contributed by atoms with E-state index in [1.807, 2.05) is 19.1 Å². The average molecular weight is 290 g/mol. The Hall–Kier alpha value is -1.84. The first kappa shape index (κ1) is 17.2. The third kappa shape index (κ3) is 5.21. The van der Waals surface area contributed by atoms with Crippen LogP contribution in [-0.4, -0.2) is 17.9 Å². The van der Waals surface area contributed by atoms with Gasteiger partial charge >= 0.3 is 0 Å². The van der Waals surface area contributed by atoms with E-state index in [-0.39, 0.29) is 11.3 Å². The Morgan fingerprint density at radius 2 is 1.76 bits per heavy atom. The van der Waals surface area contributed by atoms with Gasteiger partial charge in [0.1, 0.15) is 6.04 Å². The second-order valence-corrected chi connectivity index (χ2v) is 6.40. The van der Waals surface area contributed by atoms with Gasteiger partial charge in [0.05, 0.1) is 0 Å². The average Bonchev–Trinajstić information content (AvgIpc) is 2.42. The smallest absolute Gasteiger partial charge is 0.251 e. The van der Waals surface area contributed by atoms with Gasteiger partial charge in [-0.1, -0.05) is 52.7 Å². The molecule has 0 aromatic heterocycles. The summed E-state index contributed by atoms with van der Waals surface area (Å²) in [4.78, 5) is 23.5. The molecule has 0 fully saturated rings. The highest BCUT2D eigenvalue weighted by molar-refractivity contribution is 5.97. The Morgan fingerprint density at radius 3 is 2.19 bits per heavy atom. The molecule has 0 radical (unpaired) electrons. The molecule has 4 nitrogen and oxygen atoms in total. The van der Waals surface area contributed by atoms with Gasteiger partial charge in [-0.25, -0.2) is 0 Å². The van der Waals surface area contributed by atoms with Gasteiger partial charge in [0.2, 0.25) is 5.91 Å². The summed E-state index contributed by atoms with van der Waals surface area (Å²) in [6.45, 7) is 8.40. The number of benzene rings is 1. The summed E-state index contributed by atoms with van der Waals surface area (Å²) in [6, 6.07) is 6.86. The molecule has 0 heterocycles. The van der Waals surface area contributed by atoms with Crippen LogP contribution >= 0.6 is 0 Å². The van der Waals surface area contributed by atoms with Gasteiger partial charge < -0.3 is 11.1 Å². The second-order valence-electron chi connectivity index (χ2n) is 6.40. The molecule has 116 valence electrons. The highest BCUT2D eigenvalue weighted by Gasteiger charge is 2.19. The van der Waals surface area contributed by atoms with Crippen LogP contribution < -0.4 is 11.1 Å². The van der Waals surface area contributed by atoms with Crippen LogP contribution in [0.1, 0.15) is 62.9 Å². The van der Waals surface area contributed by atoms with Crippen LogP contribution in [0.3, 0.4) is 0 Å². The minimum absolute atomic E-state index is 0.0475. The van der Waals surface area contributed by atoms with Crippen LogP contribution in [0, 0.1) is 0 Å². The Morgan fingerprint density at radius 1 is 1.19 bits per heavy atom. The number of unbranched alkanes of at least 4 members (excludes halogenated alkanes) is 1. The van der Waals surface area contributed by atoms with Gasteiger partial charge in [-0.2, -0.15) is 0 Å². The van der Waals surface area contributed by atoms with Crippen molar-refractivity contribution in [2.75, 3.05) is 0 Å². The molecule has 0 bridgehead atoms. The van der Waals surface area contributed by atoms with E-state index in [1.165, 1.54) is 0 Å². The molecule has 1 aromatic carbocycles. The summed E-state index contributed by atoms with van der Waals surface area (Å²) in [7, 11) is 0. The first-order valence-corrected chi connectivity index (χ1v) is 7.46. The van der Waals surface area contributed by atoms with Gasteiger partial charge in [-0.05, 0) is 29.5 Å². The Kier molecular flexibility index (Phi) is 5.94. The molecule has 1 rings (SSSR count). The summed E-state index contributed by atoms with van der Waals surface area (Å²) in [5.74, 6) is -0.738. The van der Waals surface area contributed by atoms with Crippen LogP contribution in [0.25, 0.3) is 0 Å². The molecule has 3 N–H and O–H groups in total. The highest BCUT2D eigenvalue weighted by atomic mass is 16.2. The van der Waals surface area contributed by atoms with Gasteiger partial charge in [0.25, 0.3) is 5.91 Å². The summed E-state index contributed by atoms with van der Waals surface area (Å²) >= 11 is 0. The van der Waals surface area contributed by atoms with Crippen LogP contribution in [0.15, 0.2) is 24.3 Å². The predicted molar refractivity (Wildman–Crippen MR) is 85.1 cm³/mol. The Balaban J connectivity index is 2.76. The minimum atomic E-state index is -0.597. The van der Waals surface area contributed by atoms with Crippen LogP contribution in [-0.2, 0) is 10.2 Å². The normalized spacial score (nSPS) is 12.8. The number of amides is 2. The monoisotopic (exact) mass is 290 g/mol. The molecular formula is C17H26N2O2. The van der Waals surface area contributed by atoms with E-state index in [2.05, 4.69) is 26.1 Å². The number of nitrogens with one attached hydrogen (secondary N) is 1. The quantitative estimate of drug-likeness (QED) is 0.845. The molecule has 0 aliphatic carbocycles. The largest absolute Gasteiger partial charge is 0.368 e. The van der Waals surface area contributed by atoms with Crippen molar-refractivity contribution in [1.82, 2.24) is 5.32 Å². The zero-order chi connectivity index (χ0) is 16.0. The van der Waals surface area contributed by atoms with Crippen molar-refractivity contribution in [1.29, 1.82) is 0 Å². The lowest BCUT2D eigenvalue weighted by atomic mass is 9.86. The van der Waals surface area contributed by atoms with Crippen molar-refractivity contribution in [2.24, 2.45) is 5.73 Å². The number of nitrogens with two attached hydrogens (primary N) is 1. The fourth-order valence-corrected chi connectivity index (χ4v) is 2.06. The predicted octanol–water partition coefficient (Wildman–Crippen LogP) is 2.76. The summed E-state index contributed by atoms with van der Waals surface area (Å²) < 4.78 is 0. The molecule has 0 unspecified atom stereocenters. The number of carbonyl (C=O) groups excluding carboxylic acids is 2. The molecule has 2 amide bonds. The molecule has 21 heavy (non-hydrogen) atoms. The van der Waals surface area contributed by atoms with E-state index in [1.54, 1.807) is 12.1 Å². The van der Waals surface area contributed by atoms with Gasteiger partial charge in [-0.15, -0.1) is 0 Å². The lowest BCUT2D eigenvalue weighted by Crippen LogP contribution is -2.44. The van der Waals surface area contributed by atoms with Gasteiger partial charge in [0.15, 0.2) is 0 Å². The van der Waals surface area contributed by atoms with Crippen LogP contribution in [0.2, 0.25) is 0 Å². The number of hydrogen-bond donors (Lipinski definition) is 2. The van der Waals surface area contributed by atoms with Crippen LogP contribution in [0.5, 0.6) is 0 Å². The molecule has 0 spiro atoms. The van der Waals surface area contributed by atoms with Crippen molar-refractivity contribution >= 4 is 11.8 Å². The van der Waals surface area contributed by atoms with E-state index in [4.69, 9.17) is 5.73 Å². The highest BCUT2D eigenvalue weighted by Crippen LogP contribution is 2.22. The van der Waals surface area contributed by atoms with E-state index in [0.29, 0.717) is 12.0 Å². The number of carbonyl (C=O) groups is 2. The standard InChI is InChI=1S/C17H26N2O2/c1-5-6-7-14(15(18)20)19-16(21)12-8-10-13(11-9-12)17(2,3)4/h8-11,14H,5-7H2,1-4H3,(H2,18,20)(H,19,21)/t14-/m0/s1. The zero-order valence-corrected chi connectivity index (χ0v) is 13.4. The molecule has 1 aromatic rings. The van der Waals surface area contributed by atoms with E-state index in [9.17, 15) is 9.59 Å². The molecule has 0 saturated carbocycles. The van der Waals surface area contributed by atoms with E-state index >= 15 is 0 Å². The fraction of sp³-hybridized carbons (Fsp3) is 0.529. The van der Waals surface area contributed by atoms with Gasteiger partial charge in [0, 0.05) is 5.56 Å². The first-order chi connectivity index (χ1) is 9.75. The summed E-state index contributed by atoms with van der Waals surface area (Å²) in [6.07, 6.45) is 2.40. The third-order valence-corrected chi connectivity index (χ3v) is 3.51. The fourth-order valence-electron chi connectivity index (χ4n) is 2.06. The molecule has 0 aliphatic rings. The number of primary amides is 1.